The van der Waals surface area contributed by atoms with Gasteiger partial charge in [-0.3, -0.25) is 29.8 Å². The van der Waals surface area contributed by atoms with Gasteiger partial charge in [0.1, 0.15) is 6.04 Å². The third-order valence-corrected chi connectivity index (χ3v) is 5.80. The number of benzene rings is 1. The fourth-order valence-electron chi connectivity index (χ4n) is 4.38. The fraction of sp³-hybridized carbons (Fsp3) is 0.500. The highest BCUT2D eigenvalue weighted by molar-refractivity contribution is 6.01. The summed E-state index contributed by atoms with van der Waals surface area (Å²) in [4.78, 5) is 62.9. The minimum atomic E-state index is -2.60. The van der Waals surface area contributed by atoms with E-state index in [0.29, 0.717) is 0 Å². The van der Waals surface area contributed by atoms with Crippen LogP contribution in [-0.2, 0) is 38.1 Å². The zero-order valence-corrected chi connectivity index (χ0v) is 19.6. The highest BCUT2D eigenvalue weighted by atomic mass is 16.6. The van der Waals surface area contributed by atoms with Crippen molar-refractivity contribution in [2.75, 3.05) is 27.4 Å². The van der Waals surface area contributed by atoms with Gasteiger partial charge in [0.25, 0.3) is 5.69 Å². The molecule has 1 fully saturated rings. The Morgan fingerprint density at radius 2 is 1.77 bits per heavy atom. The molecule has 188 valence electrons. The molecule has 0 radical (unpaired) electrons. The summed E-state index contributed by atoms with van der Waals surface area (Å²) in [5, 5.41) is 24.5. The van der Waals surface area contributed by atoms with Gasteiger partial charge in [0, 0.05) is 18.1 Å². The summed E-state index contributed by atoms with van der Waals surface area (Å²) in [6.45, 7) is 2.65. The van der Waals surface area contributed by atoms with Crippen molar-refractivity contribution in [2.24, 2.45) is 5.41 Å². The normalized spacial score (nSPS) is 25.1. The lowest BCUT2D eigenvalue weighted by Crippen LogP contribution is -2.63. The lowest BCUT2D eigenvalue weighted by atomic mass is 9.61. The first kappa shape index (κ1) is 27.2. The Balaban J connectivity index is 3.01. The minimum absolute atomic E-state index is 0.0185. The van der Waals surface area contributed by atoms with Gasteiger partial charge in [-0.1, -0.05) is 12.1 Å². The zero-order valence-electron chi connectivity index (χ0n) is 19.6. The van der Waals surface area contributed by atoms with Gasteiger partial charge in [-0.2, -0.15) is 5.26 Å². The summed E-state index contributed by atoms with van der Waals surface area (Å²) in [6, 6.07) is 5.10. The highest BCUT2D eigenvalue weighted by Gasteiger charge is 2.76. The van der Waals surface area contributed by atoms with Gasteiger partial charge >= 0.3 is 23.9 Å². The largest absolute Gasteiger partial charge is 0.469 e. The molecule has 1 N–H and O–H groups in total. The summed E-state index contributed by atoms with van der Waals surface area (Å²) in [5.74, 6) is -6.00. The first-order valence-corrected chi connectivity index (χ1v) is 10.5. The summed E-state index contributed by atoms with van der Waals surface area (Å²) >= 11 is 0. The maximum absolute atomic E-state index is 13.5. The number of hydrogen-bond acceptors (Lipinski definition) is 12. The van der Waals surface area contributed by atoms with Gasteiger partial charge in [-0.15, -0.1) is 0 Å². The number of non-ortho nitro benzene ring substituents is 1. The average Bonchev–Trinajstić information content (AvgIpc) is 3.15. The molecule has 0 bridgehead atoms. The first-order valence-electron chi connectivity index (χ1n) is 10.5. The number of nitriles is 1. The molecule has 1 aromatic carbocycles. The molecular formula is C22H25N3O10. The quantitative estimate of drug-likeness (QED) is 0.222. The molecule has 1 aliphatic heterocycles. The summed E-state index contributed by atoms with van der Waals surface area (Å²) in [5.41, 5.74) is -5.49. The van der Waals surface area contributed by atoms with Crippen LogP contribution >= 0.6 is 0 Å². The van der Waals surface area contributed by atoms with Gasteiger partial charge in [-0.25, -0.2) is 4.79 Å². The van der Waals surface area contributed by atoms with Gasteiger partial charge < -0.3 is 18.9 Å². The predicted octanol–water partition coefficient (Wildman–Crippen LogP) is 0.761. The van der Waals surface area contributed by atoms with Crippen LogP contribution in [-0.4, -0.2) is 67.8 Å². The molecule has 13 heteroatoms. The molecule has 0 spiro atoms. The molecular weight excluding hydrogens is 466 g/mol. The number of methoxy groups -OCH3 is 2. The summed E-state index contributed by atoms with van der Waals surface area (Å²) in [6.07, 6.45) is -0.899. The number of rotatable bonds is 9. The predicted molar refractivity (Wildman–Crippen MR) is 115 cm³/mol. The molecule has 0 unspecified atom stereocenters. The minimum Gasteiger partial charge on any atom is -0.469 e. The van der Waals surface area contributed by atoms with E-state index in [1.165, 1.54) is 32.0 Å². The number of nitro benzene ring substituents is 1. The van der Waals surface area contributed by atoms with E-state index in [-0.39, 0.29) is 18.8 Å². The fourth-order valence-corrected chi connectivity index (χ4v) is 4.38. The third-order valence-electron chi connectivity index (χ3n) is 5.80. The SMILES string of the molecule is CCOC(=O)[C@@H]1N[C@@](CC(=O)OC)(C(=O)OC)[C@](C#N)(C(=O)OCC)[C@H]1c1cccc([N+](=O)[O-])c1. The van der Waals surface area contributed by atoms with Gasteiger partial charge in [0.15, 0.2) is 11.0 Å². The van der Waals surface area contributed by atoms with Crippen molar-refractivity contribution in [2.45, 2.75) is 37.8 Å². The van der Waals surface area contributed by atoms with Crippen LogP contribution < -0.4 is 5.32 Å². The number of hydrogen-bond donors (Lipinski definition) is 1. The lowest BCUT2D eigenvalue weighted by Gasteiger charge is -2.38. The number of esters is 4. The molecule has 0 aliphatic carbocycles. The number of ether oxygens (including phenoxy) is 4. The Hall–Kier alpha value is -4.05. The molecule has 35 heavy (non-hydrogen) atoms. The summed E-state index contributed by atoms with van der Waals surface area (Å²) < 4.78 is 19.8. The summed E-state index contributed by atoms with van der Waals surface area (Å²) in [7, 11) is 2.00. The van der Waals surface area contributed by atoms with Crippen LogP contribution in [0.3, 0.4) is 0 Å². The maximum Gasteiger partial charge on any atom is 0.329 e. The van der Waals surface area contributed by atoms with E-state index in [9.17, 15) is 34.6 Å². The van der Waals surface area contributed by atoms with Crippen molar-refractivity contribution >= 4 is 29.6 Å². The van der Waals surface area contributed by atoms with Crippen LogP contribution in [0.4, 0.5) is 5.69 Å². The topological polar surface area (TPSA) is 184 Å². The number of carbonyl (C=O) groups is 4. The lowest BCUT2D eigenvalue weighted by molar-refractivity contribution is -0.384. The van der Waals surface area contributed by atoms with E-state index in [0.717, 1.165) is 20.3 Å². The molecule has 1 aliphatic rings. The number of nitrogens with zero attached hydrogens (tertiary/aromatic N) is 2. The van der Waals surface area contributed by atoms with Gasteiger partial charge in [-0.05, 0) is 19.4 Å². The van der Waals surface area contributed by atoms with Crippen LogP contribution in [0.25, 0.3) is 0 Å². The van der Waals surface area contributed by atoms with Crippen LogP contribution in [0.2, 0.25) is 0 Å². The molecule has 1 heterocycles. The number of carbonyl (C=O) groups excluding carboxylic acids is 4. The van der Waals surface area contributed by atoms with E-state index in [2.05, 4.69) is 5.32 Å². The molecule has 4 atom stereocenters. The number of nitro groups is 1. The van der Waals surface area contributed by atoms with Crippen molar-refractivity contribution in [1.82, 2.24) is 5.32 Å². The second kappa shape index (κ2) is 10.9. The highest BCUT2D eigenvalue weighted by Crippen LogP contribution is 2.55. The van der Waals surface area contributed by atoms with Crippen LogP contribution in [0.5, 0.6) is 0 Å². The Morgan fingerprint density at radius 3 is 2.29 bits per heavy atom. The van der Waals surface area contributed by atoms with Crippen molar-refractivity contribution in [3.63, 3.8) is 0 Å². The van der Waals surface area contributed by atoms with E-state index in [1.54, 1.807) is 6.07 Å². The maximum atomic E-state index is 13.5. The smallest absolute Gasteiger partial charge is 0.329 e. The van der Waals surface area contributed by atoms with Crippen LogP contribution in [0, 0.1) is 26.9 Å². The zero-order chi connectivity index (χ0) is 26.4. The molecule has 0 saturated carbocycles. The van der Waals surface area contributed by atoms with E-state index in [4.69, 9.17) is 18.9 Å². The second-order valence-corrected chi connectivity index (χ2v) is 7.49. The van der Waals surface area contributed by atoms with Crippen molar-refractivity contribution in [1.29, 1.82) is 5.26 Å². The van der Waals surface area contributed by atoms with Gasteiger partial charge in [0.05, 0.1) is 44.8 Å². The van der Waals surface area contributed by atoms with Crippen LogP contribution in [0.1, 0.15) is 31.7 Å². The molecule has 13 nitrogen and oxygen atoms in total. The first-order chi connectivity index (χ1) is 16.6. The van der Waals surface area contributed by atoms with E-state index >= 15 is 0 Å². The van der Waals surface area contributed by atoms with E-state index in [1.807, 2.05) is 0 Å². The molecule has 1 saturated heterocycles. The molecule has 2 rings (SSSR count). The van der Waals surface area contributed by atoms with Crippen molar-refractivity contribution in [3.8, 4) is 6.07 Å². The monoisotopic (exact) mass is 491 g/mol. The Labute approximate surface area is 200 Å². The standard InChI is InChI=1S/C22H25N3O10/c1-5-34-18(27)17-16(13-8-7-9-14(10-13)25(30)31)21(12-23,19(28)35-6-2)22(24-17,20(29)33-4)11-15(26)32-3/h7-10,16-17,24H,5-6,11H2,1-4H3/t16-,17+,21-,22-/m0/s1. The van der Waals surface area contributed by atoms with Crippen molar-refractivity contribution in [3.05, 3.63) is 39.9 Å². The Bertz CT molecular complexity index is 1070. The second-order valence-electron chi connectivity index (χ2n) is 7.49. The van der Waals surface area contributed by atoms with Gasteiger partial charge in [0.2, 0.25) is 0 Å². The van der Waals surface area contributed by atoms with E-state index < -0.39 is 63.8 Å². The molecule has 1 aromatic rings. The van der Waals surface area contributed by atoms with Crippen molar-refractivity contribution < 1.29 is 43.0 Å². The third kappa shape index (κ3) is 4.52. The molecule has 0 aromatic heterocycles. The molecule has 0 amide bonds. The number of nitrogens with one attached hydrogen (secondary N) is 1. The Morgan fingerprint density at radius 1 is 1.11 bits per heavy atom. The van der Waals surface area contributed by atoms with Crippen LogP contribution in [0.15, 0.2) is 24.3 Å². The average molecular weight is 491 g/mol. The Kier molecular flexibility index (Phi) is 8.48.